The van der Waals surface area contributed by atoms with E-state index in [1.807, 2.05) is 0 Å². The third-order valence-corrected chi connectivity index (χ3v) is 15.9. The van der Waals surface area contributed by atoms with Crippen molar-refractivity contribution in [1.82, 2.24) is 0 Å². The SMILES string of the molecule is CCCCCCCCCCCCCCCCCCCCCCCCCCCOCC(COC1OC(CO)C(O)C(OS(=O)(=O)O)C1O)OC(=O)CCCCCCCCCCCCCCCCCCCCCCCCC. The highest BCUT2D eigenvalue weighted by Gasteiger charge is 2.48. The molecular weight excluding hydrogens is 969 g/mol. The van der Waals surface area contributed by atoms with Gasteiger partial charge in [0.2, 0.25) is 0 Å². The topological polar surface area (TPSA) is 178 Å². The fourth-order valence-electron chi connectivity index (χ4n) is 10.6. The highest BCUT2D eigenvalue weighted by atomic mass is 32.3. The lowest BCUT2D eigenvalue weighted by atomic mass is 9.99. The van der Waals surface area contributed by atoms with Gasteiger partial charge in [-0.3, -0.25) is 9.35 Å². The summed E-state index contributed by atoms with van der Waals surface area (Å²) in [6.07, 6.45) is 54.4. The molecule has 1 aliphatic rings. The molecule has 0 aromatic heterocycles. The summed E-state index contributed by atoms with van der Waals surface area (Å²) < 4.78 is 59.6. The molecule has 448 valence electrons. The van der Waals surface area contributed by atoms with Gasteiger partial charge in [0, 0.05) is 13.0 Å². The maximum atomic E-state index is 13.0. The molecular formula is C62H122O12S. The summed E-state index contributed by atoms with van der Waals surface area (Å²) >= 11 is 0. The van der Waals surface area contributed by atoms with Gasteiger partial charge in [-0.1, -0.05) is 309 Å². The maximum absolute atomic E-state index is 13.0. The van der Waals surface area contributed by atoms with Crippen molar-refractivity contribution < 1.29 is 56.2 Å². The average molecular weight is 1090 g/mol. The number of aliphatic hydroxyl groups is 3. The van der Waals surface area contributed by atoms with Crippen LogP contribution >= 0.6 is 0 Å². The zero-order valence-corrected chi connectivity index (χ0v) is 49.7. The quantitative estimate of drug-likeness (QED) is 0.0258. The molecule has 0 aliphatic carbocycles. The molecule has 0 aromatic rings. The van der Waals surface area contributed by atoms with Gasteiger partial charge in [-0.05, 0) is 12.8 Å². The molecule has 75 heavy (non-hydrogen) atoms. The lowest BCUT2D eigenvalue weighted by molar-refractivity contribution is -0.301. The van der Waals surface area contributed by atoms with Crippen molar-refractivity contribution in [2.24, 2.45) is 0 Å². The van der Waals surface area contributed by atoms with Gasteiger partial charge in [-0.2, -0.15) is 8.42 Å². The third-order valence-electron chi connectivity index (χ3n) is 15.5. The summed E-state index contributed by atoms with van der Waals surface area (Å²) in [7, 11) is -5.06. The van der Waals surface area contributed by atoms with Crippen molar-refractivity contribution in [2.45, 2.75) is 365 Å². The number of ether oxygens (including phenoxy) is 4. The van der Waals surface area contributed by atoms with Crippen LogP contribution in [0.25, 0.3) is 0 Å². The van der Waals surface area contributed by atoms with Crippen LogP contribution in [0.15, 0.2) is 0 Å². The molecule has 0 bridgehead atoms. The summed E-state index contributed by atoms with van der Waals surface area (Å²) in [6.45, 7) is 4.10. The Labute approximate surface area is 462 Å². The van der Waals surface area contributed by atoms with E-state index in [4.69, 9.17) is 18.9 Å². The molecule has 6 atom stereocenters. The van der Waals surface area contributed by atoms with E-state index >= 15 is 0 Å². The summed E-state index contributed by atoms with van der Waals surface area (Å²) in [6, 6.07) is 0. The van der Waals surface area contributed by atoms with Gasteiger partial charge in [-0.15, -0.1) is 0 Å². The average Bonchev–Trinajstić information content (AvgIpc) is 3.39. The Morgan fingerprint density at radius 3 is 1.07 bits per heavy atom. The zero-order chi connectivity index (χ0) is 54.6. The molecule has 6 unspecified atom stereocenters. The molecule has 4 N–H and O–H groups in total. The van der Waals surface area contributed by atoms with Crippen LogP contribution in [0.5, 0.6) is 0 Å². The Balaban J connectivity index is 2.22. The van der Waals surface area contributed by atoms with Crippen molar-refractivity contribution in [3.8, 4) is 0 Å². The zero-order valence-electron chi connectivity index (χ0n) is 48.9. The van der Waals surface area contributed by atoms with Gasteiger partial charge in [0.05, 0.1) is 19.8 Å². The van der Waals surface area contributed by atoms with Crippen LogP contribution in [0.3, 0.4) is 0 Å². The molecule has 1 fully saturated rings. The van der Waals surface area contributed by atoms with E-state index < -0.39 is 53.8 Å². The van der Waals surface area contributed by atoms with E-state index in [0.717, 1.165) is 38.5 Å². The normalized spacial score (nSPS) is 18.5. The number of carbonyl (C=O) groups excluding carboxylic acids is 1. The fraction of sp³-hybridized carbons (Fsp3) is 0.984. The van der Waals surface area contributed by atoms with E-state index in [-0.39, 0.29) is 25.6 Å². The predicted molar refractivity (Wildman–Crippen MR) is 308 cm³/mol. The van der Waals surface area contributed by atoms with Crippen molar-refractivity contribution in [2.75, 3.05) is 26.4 Å². The third kappa shape index (κ3) is 46.5. The second-order valence-electron chi connectivity index (χ2n) is 22.7. The van der Waals surface area contributed by atoms with Crippen LogP contribution < -0.4 is 0 Å². The van der Waals surface area contributed by atoms with Crippen molar-refractivity contribution >= 4 is 16.4 Å². The lowest BCUT2D eigenvalue weighted by Gasteiger charge is -2.41. The van der Waals surface area contributed by atoms with E-state index in [2.05, 4.69) is 18.0 Å². The molecule has 1 rings (SSSR count). The molecule has 0 spiro atoms. The second-order valence-corrected chi connectivity index (χ2v) is 23.8. The standard InChI is InChI=1S/C62H122O12S/c1-3-5-7-9-11-13-15-17-19-21-23-25-27-28-30-32-34-36-38-40-42-44-46-48-50-52-70-54-56(55-71-62-60(66)61(74-75(67,68)69)59(65)57(53-63)73-62)72-58(64)51-49-47-45-43-41-39-37-35-33-31-29-26-24-22-20-18-16-14-12-10-8-6-4-2/h56-57,59-63,65-66H,3-55H2,1-2H3,(H,67,68,69). The van der Waals surface area contributed by atoms with Crippen molar-refractivity contribution in [3.63, 3.8) is 0 Å². The Hall–Kier alpha value is -0.900. The molecule has 12 nitrogen and oxygen atoms in total. The van der Waals surface area contributed by atoms with Crippen LogP contribution in [0.2, 0.25) is 0 Å². The Bertz CT molecular complexity index is 1310. The maximum Gasteiger partial charge on any atom is 0.397 e. The van der Waals surface area contributed by atoms with Crippen LogP contribution in [0.4, 0.5) is 0 Å². The number of hydrogen-bond acceptors (Lipinski definition) is 11. The first kappa shape index (κ1) is 72.1. The fourth-order valence-corrected chi connectivity index (χ4v) is 11.1. The molecule has 0 radical (unpaired) electrons. The minimum Gasteiger partial charge on any atom is -0.457 e. The summed E-state index contributed by atoms with van der Waals surface area (Å²) in [5, 5.41) is 30.9. The Morgan fingerprint density at radius 1 is 0.453 bits per heavy atom. The molecule has 0 aromatic carbocycles. The van der Waals surface area contributed by atoms with E-state index in [0.29, 0.717) is 13.0 Å². The minimum atomic E-state index is -5.06. The van der Waals surface area contributed by atoms with Crippen LogP contribution in [-0.2, 0) is 38.3 Å². The molecule has 1 heterocycles. The first-order valence-corrected chi connectivity index (χ1v) is 33.7. The lowest BCUT2D eigenvalue weighted by Crippen LogP contribution is -2.60. The number of aliphatic hydroxyl groups excluding tert-OH is 3. The molecule has 13 heteroatoms. The van der Waals surface area contributed by atoms with Crippen LogP contribution in [-0.4, -0.2) is 97.5 Å². The summed E-state index contributed by atoms with van der Waals surface area (Å²) in [5.74, 6) is -0.387. The Morgan fingerprint density at radius 2 is 0.760 bits per heavy atom. The van der Waals surface area contributed by atoms with Crippen LogP contribution in [0, 0.1) is 0 Å². The van der Waals surface area contributed by atoms with Gasteiger partial charge in [0.1, 0.15) is 30.5 Å². The first-order valence-electron chi connectivity index (χ1n) is 32.3. The van der Waals surface area contributed by atoms with Gasteiger partial charge in [-0.25, -0.2) is 4.18 Å². The van der Waals surface area contributed by atoms with E-state index in [1.165, 1.54) is 263 Å². The predicted octanol–water partition coefficient (Wildman–Crippen LogP) is 16.7. The largest absolute Gasteiger partial charge is 0.457 e. The van der Waals surface area contributed by atoms with Gasteiger partial charge < -0.3 is 34.3 Å². The van der Waals surface area contributed by atoms with E-state index in [1.54, 1.807) is 0 Å². The van der Waals surface area contributed by atoms with Crippen molar-refractivity contribution in [1.29, 1.82) is 0 Å². The molecule has 1 saturated heterocycles. The Kier molecular flexibility index (Phi) is 51.7. The summed E-state index contributed by atoms with van der Waals surface area (Å²) in [5.41, 5.74) is 0. The van der Waals surface area contributed by atoms with E-state index in [9.17, 15) is 33.1 Å². The summed E-state index contributed by atoms with van der Waals surface area (Å²) in [4.78, 5) is 13.0. The highest BCUT2D eigenvalue weighted by Crippen LogP contribution is 2.26. The molecule has 1 aliphatic heterocycles. The number of unbranched alkanes of at least 4 members (excludes halogenated alkanes) is 46. The smallest absolute Gasteiger partial charge is 0.397 e. The highest BCUT2D eigenvalue weighted by molar-refractivity contribution is 7.80. The molecule has 0 saturated carbocycles. The number of rotatable bonds is 59. The number of hydrogen-bond donors (Lipinski definition) is 4. The number of carbonyl (C=O) groups is 1. The number of esters is 1. The minimum absolute atomic E-state index is 0.0460. The van der Waals surface area contributed by atoms with Gasteiger partial charge in [0.25, 0.3) is 0 Å². The van der Waals surface area contributed by atoms with Crippen LogP contribution in [0.1, 0.15) is 328 Å². The molecule has 0 amide bonds. The van der Waals surface area contributed by atoms with Gasteiger partial charge in [0.15, 0.2) is 6.29 Å². The van der Waals surface area contributed by atoms with Crippen molar-refractivity contribution in [3.05, 3.63) is 0 Å². The monoisotopic (exact) mass is 1090 g/mol. The first-order chi connectivity index (χ1) is 36.6. The second kappa shape index (κ2) is 53.7. The van der Waals surface area contributed by atoms with Gasteiger partial charge >= 0.3 is 16.4 Å².